The van der Waals surface area contributed by atoms with Crippen LogP contribution in [0.25, 0.3) is 5.69 Å². The Morgan fingerprint density at radius 2 is 2.21 bits per heavy atom. The Hall–Kier alpha value is -2.47. The van der Waals surface area contributed by atoms with Crippen molar-refractivity contribution >= 4 is 34.1 Å². The topological polar surface area (TPSA) is 117 Å². The molecule has 2 aromatic heterocycles. The Morgan fingerprint density at radius 3 is 2.97 bits per heavy atom. The molecular weight excluding hydrogens is 412 g/mol. The Kier molecular flexibility index (Phi) is 7.99. The van der Waals surface area contributed by atoms with Gasteiger partial charge in [-0.15, -0.1) is 10.2 Å². The highest BCUT2D eigenvalue weighted by atomic mass is 32.2. The summed E-state index contributed by atoms with van der Waals surface area (Å²) < 4.78 is 14.0. The van der Waals surface area contributed by atoms with Gasteiger partial charge in [0.15, 0.2) is 4.34 Å². The van der Waals surface area contributed by atoms with E-state index >= 15 is 0 Å². The fourth-order valence-electron chi connectivity index (χ4n) is 2.37. The molecule has 3 rings (SSSR count). The zero-order valence-corrected chi connectivity index (χ0v) is 17.5. The molecule has 2 heterocycles. The Balaban J connectivity index is 1.68. The second kappa shape index (κ2) is 10.9. The van der Waals surface area contributed by atoms with Crippen LogP contribution < -0.4 is 15.8 Å². The van der Waals surface area contributed by atoms with Crippen molar-refractivity contribution in [3.63, 3.8) is 0 Å². The number of aromatic nitrogens is 4. The smallest absolute Gasteiger partial charge is 0.223 e. The second-order valence-electron chi connectivity index (χ2n) is 5.85. The van der Waals surface area contributed by atoms with Crippen LogP contribution in [-0.2, 0) is 15.3 Å². The lowest BCUT2D eigenvalue weighted by Crippen LogP contribution is -2.13. The number of amides is 1. The molecule has 0 spiro atoms. The Morgan fingerprint density at radius 1 is 1.31 bits per heavy atom. The number of ether oxygens (including phenoxy) is 2. The number of benzene rings is 1. The van der Waals surface area contributed by atoms with Crippen molar-refractivity contribution in [1.82, 2.24) is 19.7 Å². The van der Waals surface area contributed by atoms with Crippen LogP contribution >= 0.6 is 23.1 Å². The van der Waals surface area contributed by atoms with Crippen LogP contribution in [0.2, 0.25) is 0 Å². The SMILES string of the molecule is CC(=O)Nc1nnc(SCc2ccc(-n3ccnc3)cc2OCCOCCN)s1. The molecule has 0 bridgehead atoms. The summed E-state index contributed by atoms with van der Waals surface area (Å²) in [6.07, 6.45) is 5.35. The summed E-state index contributed by atoms with van der Waals surface area (Å²) in [5.41, 5.74) is 7.41. The molecule has 9 nitrogen and oxygen atoms in total. The average molecular weight is 435 g/mol. The average Bonchev–Trinajstić information content (AvgIpc) is 3.38. The number of carbonyl (C=O) groups excluding carboxylic acids is 1. The third-order valence-electron chi connectivity index (χ3n) is 3.64. The molecule has 0 unspecified atom stereocenters. The molecule has 3 N–H and O–H groups in total. The molecule has 0 saturated heterocycles. The molecule has 0 fully saturated rings. The van der Waals surface area contributed by atoms with E-state index in [-0.39, 0.29) is 5.91 Å². The van der Waals surface area contributed by atoms with Crippen molar-refractivity contribution in [2.24, 2.45) is 5.73 Å². The molecule has 3 aromatic rings. The van der Waals surface area contributed by atoms with Gasteiger partial charge in [-0.2, -0.15) is 0 Å². The lowest BCUT2D eigenvalue weighted by Gasteiger charge is -2.13. The number of nitrogens with zero attached hydrogens (tertiary/aromatic N) is 4. The van der Waals surface area contributed by atoms with E-state index in [0.717, 1.165) is 21.3 Å². The molecule has 0 radical (unpaired) electrons. The maximum atomic E-state index is 11.1. The summed E-state index contributed by atoms with van der Waals surface area (Å²) in [4.78, 5) is 15.2. The third-order valence-corrected chi connectivity index (χ3v) is 5.66. The number of thioether (sulfide) groups is 1. The highest BCUT2D eigenvalue weighted by Crippen LogP contribution is 2.32. The maximum absolute atomic E-state index is 11.1. The Labute approximate surface area is 176 Å². The standard InChI is InChI=1S/C18H22N6O3S2/c1-13(25)21-17-22-23-18(29-17)28-11-14-2-3-15(24-6-5-20-12-24)10-16(14)27-9-8-26-7-4-19/h2-3,5-6,10,12H,4,7-9,11,19H2,1H3,(H,21,22,25). The van der Waals surface area contributed by atoms with E-state index in [1.54, 1.807) is 12.5 Å². The number of nitrogens with one attached hydrogen (secondary N) is 1. The number of nitrogens with two attached hydrogens (primary N) is 1. The molecule has 1 amide bonds. The van der Waals surface area contributed by atoms with E-state index in [4.69, 9.17) is 15.2 Å². The summed E-state index contributed by atoms with van der Waals surface area (Å²) >= 11 is 2.87. The normalized spacial score (nSPS) is 10.8. The monoisotopic (exact) mass is 434 g/mol. The molecular formula is C18H22N6O3S2. The predicted molar refractivity (Wildman–Crippen MR) is 113 cm³/mol. The number of hydrogen-bond donors (Lipinski definition) is 2. The van der Waals surface area contributed by atoms with E-state index in [2.05, 4.69) is 20.5 Å². The zero-order valence-electron chi connectivity index (χ0n) is 15.9. The van der Waals surface area contributed by atoms with Crippen molar-refractivity contribution in [1.29, 1.82) is 0 Å². The minimum absolute atomic E-state index is 0.166. The van der Waals surface area contributed by atoms with Gasteiger partial charge >= 0.3 is 0 Å². The molecule has 154 valence electrons. The van der Waals surface area contributed by atoms with Gasteiger partial charge in [0.1, 0.15) is 12.4 Å². The van der Waals surface area contributed by atoms with Crippen molar-refractivity contribution < 1.29 is 14.3 Å². The van der Waals surface area contributed by atoms with Crippen molar-refractivity contribution in [3.8, 4) is 11.4 Å². The summed E-state index contributed by atoms with van der Waals surface area (Å²) in [6.45, 7) is 3.33. The minimum atomic E-state index is -0.166. The van der Waals surface area contributed by atoms with E-state index in [9.17, 15) is 4.79 Å². The van der Waals surface area contributed by atoms with Gasteiger partial charge in [0.05, 0.1) is 25.2 Å². The molecule has 1 aromatic carbocycles. The number of hydrogen-bond acceptors (Lipinski definition) is 9. The van der Waals surface area contributed by atoms with Gasteiger partial charge in [0.2, 0.25) is 11.0 Å². The van der Waals surface area contributed by atoms with E-state index in [1.807, 2.05) is 29.0 Å². The van der Waals surface area contributed by atoms with Crippen LogP contribution in [-0.4, -0.2) is 52.0 Å². The number of rotatable bonds is 11. The van der Waals surface area contributed by atoms with E-state index in [0.29, 0.717) is 37.2 Å². The first kappa shape index (κ1) is 21.2. The largest absolute Gasteiger partial charge is 0.491 e. The maximum Gasteiger partial charge on any atom is 0.223 e. The molecule has 0 saturated carbocycles. The first-order valence-corrected chi connectivity index (χ1v) is 10.7. The van der Waals surface area contributed by atoms with Crippen LogP contribution in [0.15, 0.2) is 41.3 Å². The molecule has 29 heavy (non-hydrogen) atoms. The van der Waals surface area contributed by atoms with Gasteiger partial charge in [-0.1, -0.05) is 29.2 Å². The van der Waals surface area contributed by atoms with Crippen molar-refractivity contribution in [2.75, 3.05) is 31.7 Å². The fraction of sp³-hybridized carbons (Fsp3) is 0.333. The second-order valence-corrected chi connectivity index (χ2v) is 8.05. The first-order valence-electron chi connectivity index (χ1n) is 8.91. The number of carbonyl (C=O) groups is 1. The zero-order chi connectivity index (χ0) is 20.5. The van der Waals surface area contributed by atoms with Crippen LogP contribution in [0.4, 0.5) is 5.13 Å². The first-order chi connectivity index (χ1) is 14.2. The Bertz CT molecular complexity index is 916. The molecule has 0 aliphatic heterocycles. The van der Waals surface area contributed by atoms with E-state index < -0.39 is 0 Å². The van der Waals surface area contributed by atoms with Gasteiger partial charge in [0.25, 0.3) is 0 Å². The fourth-order valence-corrected chi connectivity index (χ4v) is 4.16. The van der Waals surface area contributed by atoms with Gasteiger partial charge in [-0.3, -0.25) is 4.79 Å². The third kappa shape index (κ3) is 6.53. The summed E-state index contributed by atoms with van der Waals surface area (Å²) in [7, 11) is 0. The van der Waals surface area contributed by atoms with Crippen LogP contribution in [0.5, 0.6) is 5.75 Å². The van der Waals surface area contributed by atoms with Crippen LogP contribution in [0.3, 0.4) is 0 Å². The van der Waals surface area contributed by atoms with Gasteiger partial charge in [-0.25, -0.2) is 4.98 Å². The lowest BCUT2D eigenvalue weighted by atomic mass is 10.2. The quantitative estimate of drug-likeness (QED) is 0.268. The lowest BCUT2D eigenvalue weighted by molar-refractivity contribution is -0.114. The minimum Gasteiger partial charge on any atom is -0.491 e. The van der Waals surface area contributed by atoms with Crippen LogP contribution in [0.1, 0.15) is 12.5 Å². The van der Waals surface area contributed by atoms with Crippen molar-refractivity contribution in [3.05, 3.63) is 42.5 Å². The number of anilines is 1. The van der Waals surface area contributed by atoms with E-state index in [1.165, 1.54) is 30.0 Å². The number of imidazole rings is 1. The highest BCUT2D eigenvalue weighted by Gasteiger charge is 2.11. The molecule has 0 atom stereocenters. The van der Waals surface area contributed by atoms with Gasteiger partial charge in [0, 0.05) is 43.2 Å². The highest BCUT2D eigenvalue weighted by molar-refractivity contribution is 8.00. The predicted octanol–water partition coefficient (Wildman–Crippen LogP) is 2.33. The summed E-state index contributed by atoms with van der Waals surface area (Å²) in [6, 6.07) is 6.01. The molecule has 11 heteroatoms. The van der Waals surface area contributed by atoms with Gasteiger partial charge < -0.3 is 25.1 Å². The van der Waals surface area contributed by atoms with Crippen molar-refractivity contribution in [2.45, 2.75) is 17.0 Å². The van der Waals surface area contributed by atoms with Crippen LogP contribution in [0, 0.1) is 0 Å². The molecule has 0 aliphatic carbocycles. The molecule has 0 aliphatic rings. The summed E-state index contributed by atoms with van der Waals surface area (Å²) in [5.74, 6) is 1.25. The summed E-state index contributed by atoms with van der Waals surface area (Å²) in [5, 5.41) is 11.2. The van der Waals surface area contributed by atoms with Gasteiger partial charge in [-0.05, 0) is 6.07 Å².